The second-order valence-corrected chi connectivity index (χ2v) is 8.08. The molecular weight excluding hydrogens is 425 g/mol. The van der Waals surface area contributed by atoms with E-state index in [2.05, 4.69) is 10.3 Å². The molecule has 2 fully saturated rings. The molecule has 0 radical (unpaired) electrons. The Balaban J connectivity index is 1.84. The van der Waals surface area contributed by atoms with Gasteiger partial charge in [0.05, 0.1) is 25.3 Å². The van der Waals surface area contributed by atoms with Gasteiger partial charge >= 0.3 is 6.18 Å². The van der Waals surface area contributed by atoms with Gasteiger partial charge in [0.25, 0.3) is 11.8 Å². The van der Waals surface area contributed by atoms with Crippen LogP contribution in [0.4, 0.5) is 22.0 Å². The van der Waals surface area contributed by atoms with Gasteiger partial charge in [-0.25, -0.2) is 13.8 Å². The van der Waals surface area contributed by atoms with E-state index in [1.807, 2.05) is 0 Å². The molecule has 0 aromatic carbocycles. The summed E-state index contributed by atoms with van der Waals surface area (Å²) in [5, 5.41) is 2.53. The summed E-state index contributed by atoms with van der Waals surface area (Å²) >= 11 is 0. The van der Waals surface area contributed by atoms with Crippen molar-refractivity contribution in [3.63, 3.8) is 0 Å². The highest BCUT2D eigenvalue weighted by Gasteiger charge is 2.51. The van der Waals surface area contributed by atoms with E-state index in [4.69, 9.17) is 4.74 Å². The zero-order valence-electron chi connectivity index (χ0n) is 17.2. The monoisotopic (exact) mass is 449 g/mol. The minimum Gasteiger partial charge on any atom is -0.491 e. The zero-order chi connectivity index (χ0) is 23.0. The number of alkyl halides is 5. The molecule has 1 aliphatic carbocycles. The normalized spacial score (nSPS) is 18.4. The minimum absolute atomic E-state index is 0.106. The molecule has 1 N–H and O–H groups in total. The quantitative estimate of drug-likeness (QED) is 0.615. The van der Waals surface area contributed by atoms with E-state index in [-0.39, 0.29) is 36.8 Å². The Morgan fingerprint density at radius 1 is 1.23 bits per heavy atom. The van der Waals surface area contributed by atoms with Gasteiger partial charge in [-0.15, -0.1) is 0 Å². The van der Waals surface area contributed by atoms with E-state index >= 15 is 0 Å². The number of likely N-dealkylation sites (tertiary alicyclic amines) is 1. The van der Waals surface area contributed by atoms with Crippen molar-refractivity contribution in [1.82, 2.24) is 15.2 Å². The topological polar surface area (TPSA) is 71.5 Å². The average Bonchev–Trinajstić information content (AvgIpc) is 3.51. The predicted octanol–water partition coefficient (Wildman–Crippen LogP) is 3.66. The molecule has 1 aromatic rings. The van der Waals surface area contributed by atoms with Crippen molar-refractivity contribution in [3.8, 4) is 5.75 Å². The van der Waals surface area contributed by atoms with Gasteiger partial charge in [-0.3, -0.25) is 9.59 Å². The Kier molecular flexibility index (Phi) is 6.16. The van der Waals surface area contributed by atoms with Crippen molar-refractivity contribution in [2.24, 2.45) is 5.92 Å². The van der Waals surface area contributed by atoms with Gasteiger partial charge in [0, 0.05) is 6.20 Å². The van der Waals surface area contributed by atoms with E-state index in [1.54, 1.807) is 13.8 Å². The third-order valence-corrected chi connectivity index (χ3v) is 5.67. The van der Waals surface area contributed by atoms with Crippen molar-refractivity contribution >= 4 is 11.8 Å². The number of amides is 2. The second-order valence-electron chi connectivity index (χ2n) is 8.08. The molecule has 31 heavy (non-hydrogen) atoms. The standard InChI is InChI=1S/C20H24F5N3O3/c1-3-18(4-2,17(30)28-10-19(21,22)11-28)27-16(29)15-14(31-9-12-5-6-12)7-13(8-26-15)20(23,24)25/h7-8,12H,3-6,9-11H2,1-2H3,(H,27,29). The Morgan fingerprint density at radius 3 is 2.32 bits per heavy atom. The first kappa shape index (κ1) is 23.2. The van der Waals surface area contributed by atoms with Crippen LogP contribution < -0.4 is 10.1 Å². The van der Waals surface area contributed by atoms with Gasteiger partial charge in [-0.05, 0) is 37.7 Å². The third kappa shape index (κ3) is 5.07. The molecule has 1 aliphatic heterocycles. The van der Waals surface area contributed by atoms with E-state index in [9.17, 15) is 31.5 Å². The molecule has 0 bridgehead atoms. The van der Waals surface area contributed by atoms with Crippen molar-refractivity contribution in [2.75, 3.05) is 19.7 Å². The number of aromatic nitrogens is 1. The minimum atomic E-state index is -4.67. The highest BCUT2D eigenvalue weighted by molar-refractivity contribution is 6.00. The van der Waals surface area contributed by atoms with Gasteiger partial charge in [0.1, 0.15) is 5.54 Å². The molecule has 3 rings (SSSR count). The first-order valence-electron chi connectivity index (χ1n) is 10.1. The number of halogens is 5. The number of hydrogen-bond donors (Lipinski definition) is 1. The fourth-order valence-corrected chi connectivity index (χ4v) is 3.39. The van der Waals surface area contributed by atoms with Crippen LogP contribution in [0, 0.1) is 5.92 Å². The Labute approximate surface area is 176 Å². The van der Waals surface area contributed by atoms with Crippen molar-refractivity contribution < 1.29 is 36.3 Å². The molecule has 0 atom stereocenters. The SMILES string of the molecule is CCC(CC)(NC(=O)c1ncc(C(F)(F)F)cc1OCC1CC1)C(=O)N1CC(F)(F)C1. The van der Waals surface area contributed by atoms with Gasteiger partial charge < -0.3 is 15.0 Å². The number of nitrogens with one attached hydrogen (secondary N) is 1. The van der Waals surface area contributed by atoms with Crippen LogP contribution in [0.1, 0.15) is 55.6 Å². The molecule has 1 saturated heterocycles. The lowest BCUT2D eigenvalue weighted by atomic mass is 9.89. The fourth-order valence-electron chi connectivity index (χ4n) is 3.39. The molecule has 2 heterocycles. The number of rotatable bonds is 8. The van der Waals surface area contributed by atoms with Crippen LogP contribution in [-0.4, -0.2) is 52.9 Å². The van der Waals surface area contributed by atoms with E-state index < -0.39 is 48.1 Å². The number of carbonyl (C=O) groups excluding carboxylic acids is 2. The first-order valence-corrected chi connectivity index (χ1v) is 10.1. The molecule has 11 heteroatoms. The first-order chi connectivity index (χ1) is 14.4. The molecule has 6 nitrogen and oxygen atoms in total. The summed E-state index contributed by atoms with van der Waals surface area (Å²) in [6, 6.07) is 0.710. The molecule has 2 amide bonds. The number of carbonyl (C=O) groups is 2. The summed E-state index contributed by atoms with van der Waals surface area (Å²) in [7, 11) is 0. The van der Waals surface area contributed by atoms with E-state index in [1.165, 1.54) is 0 Å². The van der Waals surface area contributed by atoms with Crippen LogP contribution in [0.3, 0.4) is 0 Å². The van der Waals surface area contributed by atoms with Gasteiger partial charge in [0.15, 0.2) is 11.4 Å². The van der Waals surface area contributed by atoms with E-state index in [0.29, 0.717) is 12.3 Å². The molecule has 0 spiro atoms. The molecule has 172 valence electrons. The van der Waals surface area contributed by atoms with Crippen molar-refractivity contribution in [1.29, 1.82) is 0 Å². The molecular formula is C20H24F5N3O3. The Morgan fingerprint density at radius 2 is 1.84 bits per heavy atom. The fraction of sp³-hybridized carbons (Fsp3) is 0.650. The summed E-state index contributed by atoms with van der Waals surface area (Å²) in [4.78, 5) is 30.4. The molecule has 1 aromatic heterocycles. The molecule has 0 unspecified atom stereocenters. The summed E-state index contributed by atoms with van der Waals surface area (Å²) in [6.07, 6.45) is -2.16. The molecule has 2 aliphatic rings. The zero-order valence-corrected chi connectivity index (χ0v) is 17.2. The Bertz CT molecular complexity index is 843. The number of nitrogens with zero attached hydrogens (tertiary/aromatic N) is 2. The van der Waals surface area contributed by atoms with Crippen molar-refractivity contribution in [3.05, 3.63) is 23.5 Å². The van der Waals surface area contributed by atoms with E-state index in [0.717, 1.165) is 17.7 Å². The van der Waals surface area contributed by atoms with Crippen LogP contribution in [0.25, 0.3) is 0 Å². The van der Waals surface area contributed by atoms with Crippen LogP contribution in [0.2, 0.25) is 0 Å². The predicted molar refractivity (Wildman–Crippen MR) is 99.8 cm³/mol. The molecule has 1 saturated carbocycles. The Hall–Kier alpha value is -2.46. The van der Waals surface area contributed by atoms with Crippen LogP contribution in [0.5, 0.6) is 5.75 Å². The number of pyridine rings is 1. The van der Waals surface area contributed by atoms with Crippen molar-refractivity contribution in [2.45, 2.75) is 57.2 Å². The summed E-state index contributed by atoms with van der Waals surface area (Å²) in [5.41, 5.74) is -2.93. The number of ether oxygens (including phenoxy) is 1. The third-order valence-electron chi connectivity index (χ3n) is 5.67. The second kappa shape index (κ2) is 8.23. The van der Waals surface area contributed by atoms with Gasteiger partial charge in [0.2, 0.25) is 5.91 Å². The maximum absolute atomic E-state index is 13.2. The maximum Gasteiger partial charge on any atom is 0.418 e. The summed E-state index contributed by atoms with van der Waals surface area (Å²) in [6.45, 7) is 1.90. The van der Waals surface area contributed by atoms with Crippen LogP contribution >= 0.6 is 0 Å². The largest absolute Gasteiger partial charge is 0.491 e. The summed E-state index contributed by atoms with van der Waals surface area (Å²) < 4.78 is 71.1. The lowest BCUT2D eigenvalue weighted by Gasteiger charge is -2.44. The average molecular weight is 449 g/mol. The van der Waals surface area contributed by atoms with Gasteiger partial charge in [-0.1, -0.05) is 13.8 Å². The number of hydrogen-bond acceptors (Lipinski definition) is 4. The highest BCUT2D eigenvalue weighted by atomic mass is 19.4. The smallest absolute Gasteiger partial charge is 0.418 e. The highest BCUT2D eigenvalue weighted by Crippen LogP contribution is 2.35. The van der Waals surface area contributed by atoms with Crippen LogP contribution in [-0.2, 0) is 11.0 Å². The maximum atomic E-state index is 13.2. The lowest BCUT2D eigenvalue weighted by Crippen LogP contribution is -2.67. The van der Waals surface area contributed by atoms with Crippen LogP contribution in [0.15, 0.2) is 12.3 Å². The van der Waals surface area contributed by atoms with Gasteiger partial charge in [-0.2, -0.15) is 13.2 Å². The summed E-state index contributed by atoms with van der Waals surface area (Å²) in [5.74, 6) is -4.65. The lowest BCUT2D eigenvalue weighted by molar-refractivity contribution is -0.172.